The van der Waals surface area contributed by atoms with Gasteiger partial charge in [-0.3, -0.25) is 0 Å². The van der Waals surface area contributed by atoms with Gasteiger partial charge in [-0.05, 0) is 42.4 Å². The highest BCUT2D eigenvalue weighted by Gasteiger charge is 2.18. The molecule has 5 heteroatoms. The Morgan fingerprint density at radius 1 is 1.20 bits per heavy atom. The zero-order valence-electron chi connectivity index (χ0n) is 11.1. The summed E-state index contributed by atoms with van der Waals surface area (Å²) in [4.78, 5) is 4.49. The predicted molar refractivity (Wildman–Crippen MR) is 77.8 cm³/mol. The Labute approximate surface area is 121 Å². The molecule has 0 bridgehead atoms. The van der Waals surface area contributed by atoms with E-state index >= 15 is 0 Å². The summed E-state index contributed by atoms with van der Waals surface area (Å²) in [6.45, 7) is 2.87. The first-order chi connectivity index (χ1) is 9.76. The number of nitrogens with one attached hydrogen (secondary N) is 1. The molecule has 0 aliphatic heterocycles. The van der Waals surface area contributed by atoms with Gasteiger partial charge in [-0.25, -0.2) is 4.98 Å². The van der Waals surface area contributed by atoms with Gasteiger partial charge in [0, 0.05) is 6.42 Å². The van der Waals surface area contributed by atoms with E-state index < -0.39 is 0 Å². The molecule has 2 aromatic heterocycles. The average Bonchev–Trinajstić information content (AvgIpc) is 3.03. The smallest absolute Gasteiger partial charge is 0.197 e. The predicted octanol–water partition coefficient (Wildman–Crippen LogP) is 3.97. The fourth-order valence-electron chi connectivity index (χ4n) is 2.22. The number of fused-ring (bicyclic) bond motifs is 1. The van der Waals surface area contributed by atoms with Crippen molar-refractivity contribution in [3.63, 3.8) is 0 Å². The maximum Gasteiger partial charge on any atom is 0.197 e. The van der Waals surface area contributed by atoms with Crippen LogP contribution in [0.3, 0.4) is 0 Å². The summed E-state index contributed by atoms with van der Waals surface area (Å²) < 4.78 is 11.2. The molecule has 0 amide bonds. The summed E-state index contributed by atoms with van der Waals surface area (Å²) in [6.07, 6.45) is 0.617. The summed E-state index contributed by atoms with van der Waals surface area (Å²) in [5, 5.41) is 3.74. The summed E-state index contributed by atoms with van der Waals surface area (Å²) in [7, 11) is 0. The van der Waals surface area contributed by atoms with Crippen molar-refractivity contribution >= 4 is 22.7 Å². The molecule has 20 heavy (non-hydrogen) atoms. The first-order valence-corrected chi connectivity index (χ1v) is 6.97. The lowest BCUT2D eigenvalue weighted by atomic mass is 10.1. The third kappa shape index (κ3) is 2.71. The molecule has 1 N–H and O–H groups in total. The molecule has 1 atom stereocenters. The number of benzene rings is 1. The Hall–Kier alpha value is -1.78. The summed E-state index contributed by atoms with van der Waals surface area (Å²) >= 11 is 5.84. The molecule has 0 spiro atoms. The number of furan rings is 1. The second kappa shape index (κ2) is 5.69. The average molecular weight is 291 g/mol. The van der Waals surface area contributed by atoms with Crippen LogP contribution < -0.4 is 5.32 Å². The van der Waals surface area contributed by atoms with Crippen molar-refractivity contribution in [3.05, 3.63) is 53.3 Å². The fourth-order valence-corrected chi connectivity index (χ4v) is 2.37. The lowest BCUT2D eigenvalue weighted by Gasteiger charge is -2.13. The third-order valence-electron chi connectivity index (χ3n) is 3.10. The number of hydrogen-bond donors (Lipinski definition) is 1. The lowest BCUT2D eigenvalue weighted by Crippen LogP contribution is -2.22. The zero-order valence-corrected chi connectivity index (χ0v) is 11.9. The Kier molecular flexibility index (Phi) is 3.76. The molecule has 1 aromatic carbocycles. The van der Waals surface area contributed by atoms with Gasteiger partial charge in [0.1, 0.15) is 11.3 Å². The molecule has 3 aromatic rings. The quantitative estimate of drug-likeness (QED) is 0.772. The second-order valence-electron chi connectivity index (χ2n) is 4.53. The molecule has 4 nitrogen and oxygen atoms in total. The number of halogens is 1. The van der Waals surface area contributed by atoms with E-state index in [1.165, 1.54) is 0 Å². The number of hydrogen-bond acceptors (Lipinski definition) is 4. The minimum absolute atomic E-state index is 0.000521. The number of oxazole rings is 1. The van der Waals surface area contributed by atoms with E-state index in [2.05, 4.69) is 10.3 Å². The molecule has 0 aliphatic carbocycles. The normalized spacial score (nSPS) is 12.9. The van der Waals surface area contributed by atoms with Crippen LogP contribution in [0.1, 0.15) is 24.6 Å². The van der Waals surface area contributed by atoms with Crippen molar-refractivity contribution in [3.8, 4) is 0 Å². The first kappa shape index (κ1) is 13.2. The van der Waals surface area contributed by atoms with Gasteiger partial charge in [0.2, 0.25) is 0 Å². The van der Waals surface area contributed by atoms with Gasteiger partial charge < -0.3 is 14.2 Å². The molecule has 3 rings (SSSR count). The molecular formula is C15H15ClN2O2. The van der Waals surface area contributed by atoms with Crippen LogP contribution in [-0.2, 0) is 6.42 Å². The van der Waals surface area contributed by atoms with Gasteiger partial charge in [-0.15, -0.1) is 0 Å². The molecule has 0 fully saturated rings. The standard InChI is InChI=1S/C15H15ClN2O2/c1-2-17-11(13-7-8-14(16)19-13)9-15-18-10-5-3-4-6-12(10)20-15/h3-8,11,17H,2,9H2,1H3. The van der Waals surface area contributed by atoms with Gasteiger partial charge in [-0.2, -0.15) is 0 Å². The van der Waals surface area contributed by atoms with Crippen molar-refractivity contribution < 1.29 is 8.83 Å². The lowest BCUT2D eigenvalue weighted by molar-refractivity contribution is 0.390. The van der Waals surface area contributed by atoms with E-state index in [1.54, 1.807) is 6.07 Å². The molecule has 0 radical (unpaired) electrons. The summed E-state index contributed by atoms with van der Waals surface area (Å²) in [6, 6.07) is 11.4. The van der Waals surface area contributed by atoms with Crippen molar-refractivity contribution in [1.29, 1.82) is 0 Å². The van der Waals surface area contributed by atoms with Crippen LogP contribution in [0.2, 0.25) is 5.22 Å². The van der Waals surface area contributed by atoms with Crippen LogP contribution in [-0.4, -0.2) is 11.5 Å². The fraction of sp³-hybridized carbons (Fsp3) is 0.267. The minimum Gasteiger partial charge on any atom is -0.448 e. The van der Waals surface area contributed by atoms with Gasteiger partial charge in [0.05, 0.1) is 6.04 Å². The number of likely N-dealkylation sites (N-methyl/N-ethyl adjacent to an activating group) is 1. The summed E-state index contributed by atoms with van der Waals surface area (Å²) in [5.41, 5.74) is 1.67. The Balaban J connectivity index is 1.85. The Bertz CT molecular complexity index is 672. The van der Waals surface area contributed by atoms with Crippen LogP contribution >= 0.6 is 11.6 Å². The van der Waals surface area contributed by atoms with Gasteiger partial charge in [0.15, 0.2) is 16.7 Å². The molecular weight excluding hydrogens is 276 g/mol. The van der Waals surface area contributed by atoms with E-state index in [0.717, 1.165) is 23.4 Å². The third-order valence-corrected chi connectivity index (χ3v) is 3.31. The number of aromatic nitrogens is 1. The van der Waals surface area contributed by atoms with Crippen molar-refractivity contribution in [2.75, 3.05) is 6.54 Å². The maximum atomic E-state index is 5.84. The first-order valence-electron chi connectivity index (χ1n) is 6.59. The SMILES string of the molecule is CCNC(Cc1nc2ccccc2o1)c1ccc(Cl)o1. The van der Waals surface area contributed by atoms with Crippen LogP contribution in [0.5, 0.6) is 0 Å². The van der Waals surface area contributed by atoms with Gasteiger partial charge in [0.25, 0.3) is 0 Å². The van der Waals surface area contributed by atoms with E-state index in [4.69, 9.17) is 20.4 Å². The van der Waals surface area contributed by atoms with Gasteiger partial charge in [-0.1, -0.05) is 19.1 Å². The molecule has 1 unspecified atom stereocenters. The van der Waals surface area contributed by atoms with E-state index in [0.29, 0.717) is 17.5 Å². The van der Waals surface area contributed by atoms with Crippen molar-refractivity contribution in [1.82, 2.24) is 10.3 Å². The molecule has 0 saturated heterocycles. The number of para-hydroxylation sites is 2. The van der Waals surface area contributed by atoms with Crippen LogP contribution in [0.4, 0.5) is 0 Å². The van der Waals surface area contributed by atoms with E-state index in [1.807, 2.05) is 37.3 Å². The minimum atomic E-state index is 0.000521. The molecule has 0 saturated carbocycles. The molecule has 2 heterocycles. The zero-order chi connectivity index (χ0) is 13.9. The monoisotopic (exact) mass is 290 g/mol. The van der Waals surface area contributed by atoms with Crippen LogP contribution in [0, 0.1) is 0 Å². The Morgan fingerprint density at radius 2 is 2.05 bits per heavy atom. The molecule has 0 aliphatic rings. The highest BCUT2D eigenvalue weighted by atomic mass is 35.5. The number of nitrogens with zero attached hydrogens (tertiary/aromatic N) is 1. The highest BCUT2D eigenvalue weighted by Crippen LogP contribution is 2.24. The van der Waals surface area contributed by atoms with E-state index in [-0.39, 0.29) is 6.04 Å². The largest absolute Gasteiger partial charge is 0.448 e. The Morgan fingerprint density at radius 3 is 2.75 bits per heavy atom. The second-order valence-corrected chi connectivity index (χ2v) is 4.90. The van der Waals surface area contributed by atoms with Crippen LogP contribution in [0.15, 0.2) is 45.2 Å². The topological polar surface area (TPSA) is 51.2 Å². The van der Waals surface area contributed by atoms with E-state index in [9.17, 15) is 0 Å². The number of rotatable bonds is 5. The highest BCUT2D eigenvalue weighted by molar-refractivity contribution is 6.28. The van der Waals surface area contributed by atoms with Crippen molar-refractivity contribution in [2.24, 2.45) is 0 Å². The maximum absolute atomic E-state index is 5.84. The molecule has 104 valence electrons. The summed E-state index contributed by atoms with van der Waals surface area (Å²) in [5.74, 6) is 1.48. The van der Waals surface area contributed by atoms with Crippen molar-refractivity contribution in [2.45, 2.75) is 19.4 Å². The van der Waals surface area contributed by atoms with Gasteiger partial charge >= 0.3 is 0 Å². The van der Waals surface area contributed by atoms with Crippen LogP contribution in [0.25, 0.3) is 11.1 Å².